The lowest BCUT2D eigenvalue weighted by molar-refractivity contribution is 0.250. The highest BCUT2D eigenvalue weighted by Gasteiger charge is 2.38. The molecule has 0 radical (unpaired) electrons. The number of nitrogen functional groups attached to an aromatic ring is 2. The Labute approximate surface area is 305 Å². The van der Waals surface area contributed by atoms with Crippen molar-refractivity contribution in [2.24, 2.45) is 5.92 Å². The second kappa shape index (κ2) is 18.1. The number of hydrogen-bond donors (Lipinski definition) is 2. The van der Waals surface area contributed by atoms with E-state index in [-0.39, 0.29) is 5.41 Å². The van der Waals surface area contributed by atoms with Crippen LogP contribution in [0.1, 0.15) is 173 Å². The van der Waals surface area contributed by atoms with E-state index in [1.807, 2.05) is 0 Å². The molecule has 4 aromatic rings. The number of nitrogens with two attached hydrogens (primary N) is 2. The Kier molecular flexibility index (Phi) is 13.7. The summed E-state index contributed by atoms with van der Waals surface area (Å²) < 4.78 is 0. The first-order chi connectivity index (χ1) is 24.3. The molecule has 5 rings (SSSR count). The van der Waals surface area contributed by atoms with Crippen LogP contribution in [0.5, 0.6) is 0 Å². The monoisotopic (exact) mass is 671 g/mol. The van der Waals surface area contributed by atoms with E-state index in [1.54, 1.807) is 0 Å². The summed E-state index contributed by atoms with van der Waals surface area (Å²) in [6, 6.07) is 32.4. The zero-order chi connectivity index (χ0) is 35.5. The summed E-state index contributed by atoms with van der Waals surface area (Å²) in [5.41, 5.74) is 25.1. The Hall–Kier alpha value is -3.52. The summed E-state index contributed by atoms with van der Waals surface area (Å²) >= 11 is 0. The quantitative estimate of drug-likeness (QED) is 0.0867. The molecule has 0 spiro atoms. The number of aryl methyl sites for hydroxylation is 2. The van der Waals surface area contributed by atoms with Crippen LogP contribution < -0.4 is 11.5 Å². The van der Waals surface area contributed by atoms with Crippen LogP contribution in [-0.2, 0) is 5.41 Å². The fraction of sp³-hybridized carbons (Fsp3) is 0.500. The van der Waals surface area contributed by atoms with Gasteiger partial charge >= 0.3 is 0 Å². The highest BCUT2D eigenvalue weighted by Crippen LogP contribution is 2.48. The summed E-state index contributed by atoms with van der Waals surface area (Å²) in [6.45, 7) is 11.3. The Bertz CT molecular complexity index is 1500. The van der Waals surface area contributed by atoms with E-state index in [2.05, 4.69) is 120 Å². The van der Waals surface area contributed by atoms with Crippen molar-refractivity contribution in [2.45, 2.75) is 148 Å². The summed E-state index contributed by atoms with van der Waals surface area (Å²) in [5.74, 6) is 1.62. The molecule has 2 nitrogen and oxygen atoms in total. The van der Waals surface area contributed by atoms with Gasteiger partial charge in [-0.25, -0.2) is 0 Å². The molecule has 1 aliphatic rings. The van der Waals surface area contributed by atoms with Crippen molar-refractivity contribution in [3.63, 3.8) is 0 Å². The van der Waals surface area contributed by atoms with Gasteiger partial charge in [-0.1, -0.05) is 139 Å². The maximum Gasteiger partial charge on any atom is 0.0316 e. The van der Waals surface area contributed by atoms with Crippen LogP contribution in [-0.4, -0.2) is 0 Å². The fourth-order valence-corrected chi connectivity index (χ4v) is 9.29. The first kappa shape index (κ1) is 37.7. The summed E-state index contributed by atoms with van der Waals surface area (Å²) in [4.78, 5) is 0. The molecule has 1 fully saturated rings. The van der Waals surface area contributed by atoms with E-state index < -0.39 is 0 Å². The maximum atomic E-state index is 6.12. The first-order valence-corrected chi connectivity index (χ1v) is 20.2. The maximum absolute atomic E-state index is 6.12. The van der Waals surface area contributed by atoms with Gasteiger partial charge in [-0.05, 0) is 127 Å². The first-order valence-electron chi connectivity index (χ1n) is 20.2. The van der Waals surface area contributed by atoms with E-state index in [4.69, 9.17) is 11.5 Å². The molecule has 0 bridgehead atoms. The number of benzene rings is 4. The third-order valence-electron chi connectivity index (χ3n) is 12.3. The lowest BCUT2D eigenvalue weighted by Gasteiger charge is -2.42. The van der Waals surface area contributed by atoms with Crippen molar-refractivity contribution in [3.8, 4) is 0 Å². The highest BCUT2D eigenvalue weighted by molar-refractivity contribution is 5.50. The van der Waals surface area contributed by atoms with Gasteiger partial charge in [0.05, 0.1) is 0 Å². The summed E-state index contributed by atoms with van der Waals surface area (Å²) in [5, 5.41) is 0. The lowest BCUT2D eigenvalue weighted by atomic mass is 9.62. The van der Waals surface area contributed by atoms with E-state index in [0.29, 0.717) is 11.8 Å². The zero-order valence-electron chi connectivity index (χ0n) is 32.1. The molecule has 1 aliphatic carbocycles. The third-order valence-corrected chi connectivity index (χ3v) is 12.3. The van der Waals surface area contributed by atoms with Crippen molar-refractivity contribution in [2.75, 3.05) is 11.5 Å². The van der Waals surface area contributed by atoms with Crippen LogP contribution in [0.4, 0.5) is 11.4 Å². The number of rotatable bonds is 17. The van der Waals surface area contributed by atoms with E-state index in [9.17, 15) is 0 Å². The van der Waals surface area contributed by atoms with Gasteiger partial charge in [0.15, 0.2) is 0 Å². The van der Waals surface area contributed by atoms with Crippen LogP contribution in [0.25, 0.3) is 0 Å². The van der Waals surface area contributed by atoms with Gasteiger partial charge in [0.25, 0.3) is 0 Å². The average Bonchev–Trinajstić information content (AvgIpc) is 3.12. The van der Waals surface area contributed by atoms with Crippen molar-refractivity contribution in [1.29, 1.82) is 0 Å². The Morgan fingerprint density at radius 2 is 0.980 bits per heavy atom. The molecule has 2 unspecified atom stereocenters. The van der Waals surface area contributed by atoms with Gasteiger partial charge in [0.1, 0.15) is 0 Å². The smallest absolute Gasteiger partial charge is 0.0316 e. The molecule has 50 heavy (non-hydrogen) atoms. The van der Waals surface area contributed by atoms with Gasteiger partial charge < -0.3 is 11.5 Å². The molecule has 0 saturated heterocycles. The molecular formula is C48H66N2. The van der Waals surface area contributed by atoms with E-state index >= 15 is 0 Å². The van der Waals surface area contributed by atoms with Crippen LogP contribution in [0.3, 0.4) is 0 Å². The Balaban J connectivity index is 1.37. The molecule has 0 amide bonds. The van der Waals surface area contributed by atoms with Crippen LogP contribution in [0.2, 0.25) is 0 Å². The minimum Gasteiger partial charge on any atom is -0.399 e. The lowest BCUT2D eigenvalue weighted by Crippen LogP contribution is -2.33. The number of hydrogen-bond acceptors (Lipinski definition) is 2. The Morgan fingerprint density at radius 1 is 0.560 bits per heavy atom. The number of anilines is 2. The molecule has 0 aromatic heterocycles. The minimum absolute atomic E-state index is 0.0600. The van der Waals surface area contributed by atoms with E-state index in [1.165, 1.54) is 128 Å². The van der Waals surface area contributed by atoms with Crippen LogP contribution in [0.15, 0.2) is 84.9 Å². The second-order valence-electron chi connectivity index (χ2n) is 15.7. The molecule has 2 heteroatoms. The van der Waals surface area contributed by atoms with Gasteiger partial charge in [-0.3, -0.25) is 0 Å². The second-order valence-corrected chi connectivity index (χ2v) is 15.7. The zero-order valence-corrected chi connectivity index (χ0v) is 32.1. The molecule has 0 aliphatic heterocycles. The van der Waals surface area contributed by atoms with Gasteiger partial charge in [-0.2, -0.15) is 0 Å². The predicted octanol–water partition coefficient (Wildman–Crippen LogP) is 13.6. The average molecular weight is 671 g/mol. The molecule has 4 N–H and O–H groups in total. The van der Waals surface area contributed by atoms with Crippen molar-refractivity contribution < 1.29 is 0 Å². The largest absolute Gasteiger partial charge is 0.399 e. The fourth-order valence-electron chi connectivity index (χ4n) is 9.29. The molecule has 1 saturated carbocycles. The van der Waals surface area contributed by atoms with Gasteiger partial charge in [0, 0.05) is 28.6 Å². The molecule has 2 atom stereocenters. The summed E-state index contributed by atoms with van der Waals surface area (Å²) in [7, 11) is 0. The predicted molar refractivity (Wildman–Crippen MR) is 218 cm³/mol. The molecule has 268 valence electrons. The van der Waals surface area contributed by atoms with E-state index in [0.717, 1.165) is 30.1 Å². The topological polar surface area (TPSA) is 52.0 Å². The van der Waals surface area contributed by atoms with Crippen molar-refractivity contribution in [3.05, 3.63) is 129 Å². The number of unbranched alkanes of at least 4 members (excludes halogenated alkanes) is 7. The van der Waals surface area contributed by atoms with Crippen LogP contribution in [0, 0.1) is 19.8 Å². The molecule has 0 heterocycles. The molecule has 4 aromatic carbocycles. The highest BCUT2D eigenvalue weighted by atomic mass is 14.5. The van der Waals surface area contributed by atoms with Crippen molar-refractivity contribution in [1.82, 2.24) is 0 Å². The summed E-state index contributed by atoms with van der Waals surface area (Å²) in [6.07, 6.45) is 19.9. The Morgan fingerprint density at radius 3 is 1.38 bits per heavy atom. The molecular weight excluding hydrogens is 605 g/mol. The van der Waals surface area contributed by atoms with Crippen molar-refractivity contribution >= 4 is 11.4 Å². The normalized spacial score (nSPS) is 18.9. The standard InChI is InChI=1S/C48H66N2/c1-6-9-10-11-12-13-14-15-16-37-29-31-48(32-30-37,40-21-17-38(18-22-40)44(7-2)46-27-25-42(49)33-35(46)4)41-23-19-39(20-24-41)45(8-3)47-28-26-43(50)34-36(47)5/h17-28,33-34,37,44-45H,6-16,29-32,49-50H2,1-5H3. The SMILES string of the molecule is CCCCCCCCCCC1CCC(c2ccc(C(CC)c3ccc(N)cc3C)cc2)(c2ccc(C(CC)c3ccc(N)cc3C)cc2)CC1. The third kappa shape index (κ3) is 9.03. The minimum atomic E-state index is 0.0600. The van der Waals surface area contributed by atoms with Gasteiger partial charge in [-0.15, -0.1) is 0 Å². The van der Waals surface area contributed by atoms with Gasteiger partial charge in [0.2, 0.25) is 0 Å². The van der Waals surface area contributed by atoms with Crippen LogP contribution >= 0.6 is 0 Å².